The van der Waals surface area contributed by atoms with Crippen LogP contribution >= 0.6 is 0 Å². The van der Waals surface area contributed by atoms with Gasteiger partial charge in [0.15, 0.2) is 0 Å². The number of para-hydroxylation sites is 1. The summed E-state index contributed by atoms with van der Waals surface area (Å²) in [5, 5.41) is 0. The molecule has 1 atom stereocenters. The molecule has 6 heteroatoms. The molecule has 0 aliphatic carbocycles. The van der Waals surface area contributed by atoms with Crippen LogP contribution in [0.25, 0.3) is 0 Å². The molecule has 4 rings (SSSR count). The largest absolute Gasteiger partial charge is 0.491 e. The van der Waals surface area contributed by atoms with Crippen molar-refractivity contribution >= 4 is 11.8 Å². The van der Waals surface area contributed by atoms with E-state index in [-0.39, 0.29) is 30.3 Å². The third kappa shape index (κ3) is 6.30. The van der Waals surface area contributed by atoms with E-state index < -0.39 is 0 Å². The number of hydrogen-bond donors (Lipinski definition) is 0. The summed E-state index contributed by atoms with van der Waals surface area (Å²) in [6.07, 6.45) is 3.14. The molecular formula is C30H33FN2O3. The zero-order valence-electron chi connectivity index (χ0n) is 20.7. The summed E-state index contributed by atoms with van der Waals surface area (Å²) < 4.78 is 19.8. The Morgan fingerprint density at radius 3 is 2.36 bits per heavy atom. The number of rotatable bonds is 4. The summed E-state index contributed by atoms with van der Waals surface area (Å²) in [6, 6.07) is 22.8. The maximum atomic E-state index is 13.7. The predicted octanol–water partition coefficient (Wildman–Crippen LogP) is 5.60. The highest BCUT2D eigenvalue weighted by atomic mass is 19.1. The van der Waals surface area contributed by atoms with Crippen molar-refractivity contribution in [2.24, 2.45) is 0 Å². The van der Waals surface area contributed by atoms with Crippen molar-refractivity contribution in [3.8, 4) is 5.75 Å². The minimum atomic E-state index is -0.373. The molecule has 0 bridgehead atoms. The molecule has 1 aliphatic heterocycles. The maximum absolute atomic E-state index is 13.7. The molecule has 1 heterocycles. The highest BCUT2D eigenvalue weighted by Gasteiger charge is 2.27. The number of amides is 2. The predicted molar refractivity (Wildman–Crippen MR) is 139 cm³/mol. The van der Waals surface area contributed by atoms with E-state index in [0.717, 1.165) is 24.8 Å². The van der Waals surface area contributed by atoms with Gasteiger partial charge in [-0.05, 0) is 74.6 Å². The summed E-state index contributed by atoms with van der Waals surface area (Å²) in [4.78, 5) is 30.7. The molecule has 36 heavy (non-hydrogen) atoms. The van der Waals surface area contributed by atoms with Gasteiger partial charge in [0.25, 0.3) is 11.8 Å². The Balaban J connectivity index is 1.69. The zero-order chi connectivity index (χ0) is 25.3. The molecule has 188 valence electrons. The van der Waals surface area contributed by atoms with E-state index >= 15 is 0 Å². The van der Waals surface area contributed by atoms with E-state index in [1.807, 2.05) is 65.3 Å². The van der Waals surface area contributed by atoms with E-state index in [1.165, 1.54) is 24.3 Å². The standard InChI is InChI=1S/C30H33FN2O3/c1-2-32-19-9-4-10-20-33(29(34)24-15-17-25(31)18-16-24)26(21-23-11-5-3-6-12-23)22-36-28-14-8-7-13-27(28)30(32)35/h3,5-8,11-18,26H,2,4,9-10,19-22H2,1H3/t26-/m0/s1. The number of carbonyl (C=O) groups excluding carboxylic acids is 2. The topological polar surface area (TPSA) is 49.9 Å². The second kappa shape index (κ2) is 12.3. The van der Waals surface area contributed by atoms with Crippen LogP contribution in [0.3, 0.4) is 0 Å². The molecule has 1 aliphatic rings. The Kier molecular flexibility index (Phi) is 8.71. The lowest BCUT2D eigenvalue weighted by Gasteiger charge is -2.32. The first kappa shape index (κ1) is 25.4. The smallest absolute Gasteiger partial charge is 0.257 e. The summed E-state index contributed by atoms with van der Waals surface area (Å²) in [6.45, 7) is 4.05. The molecule has 0 unspecified atom stereocenters. The van der Waals surface area contributed by atoms with Gasteiger partial charge in [-0.1, -0.05) is 42.5 Å². The lowest BCUT2D eigenvalue weighted by Crippen LogP contribution is -2.45. The molecule has 0 aromatic heterocycles. The van der Waals surface area contributed by atoms with E-state index in [9.17, 15) is 14.0 Å². The van der Waals surface area contributed by atoms with Crippen LogP contribution in [0.4, 0.5) is 4.39 Å². The van der Waals surface area contributed by atoms with Crippen LogP contribution in [0.5, 0.6) is 5.75 Å². The first-order chi connectivity index (χ1) is 17.6. The Morgan fingerprint density at radius 1 is 0.917 bits per heavy atom. The average Bonchev–Trinajstić information content (AvgIpc) is 2.92. The van der Waals surface area contributed by atoms with Gasteiger partial charge in [-0.3, -0.25) is 9.59 Å². The number of fused-ring (bicyclic) bond motifs is 1. The van der Waals surface area contributed by atoms with Gasteiger partial charge in [0.05, 0.1) is 11.6 Å². The Hall–Kier alpha value is -3.67. The lowest BCUT2D eigenvalue weighted by molar-refractivity contribution is 0.0605. The van der Waals surface area contributed by atoms with Gasteiger partial charge in [-0.2, -0.15) is 0 Å². The molecule has 0 saturated carbocycles. The van der Waals surface area contributed by atoms with Crippen LogP contribution in [0.1, 0.15) is 52.5 Å². The fourth-order valence-corrected chi connectivity index (χ4v) is 4.64. The van der Waals surface area contributed by atoms with Gasteiger partial charge in [0, 0.05) is 25.2 Å². The van der Waals surface area contributed by atoms with Crippen molar-refractivity contribution in [1.82, 2.24) is 9.80 Å². The quantitative estimate of drug-likeness (QED) is 0.480. The van der Waals surface area contributed by atoms with Crippen molar-refractivity contribution < 1.29 is 18.7 Å². The Labute approximate surface area is 212 Å². The molecule has 2 amide bonds. The summed E-state index contributed by atoms with van der Waals surface area (Å²) in [7, 11) is 0. The van der Waals surface area contributed by atoms with Gasteiger partial charge in [-0.15, -0.1) is 0 Å². The van der Waals surface area contributed by atoms with E-state index in [2.05, 4.69) is 0 Å². The first-order valence-electron chi connectivity index (χ1n) is 12.7. The summed E-state index contributed by atoms with van der Waals surface area (Å²) in [5.41, 5.74) is 2.08. The molecular weight excluding hydrogens is 455 g/mol. The number of nitrogens with zero attached hydrogens (tertiary/aromatic N) is 2. The number of ether oxygens (including phenoxy) is 1. The molecule has 0 N–H and O–H groups in total. The van der Waals surface area contributed by atoms with Crippen molar-refractivity contribution in [2.45, 2.75) is 38.6 Å². The molecule has 5 nitrogen and oxygen atoms in total. The Bertz CT molecular complexity index is 1150. The number of hydrogen-bond acceptors (Lipinski definition) is 3. The van der Waals surface area contributed by atoms with Gasteiger partial charge >= 0.3 is 0 Å². The molecule has 0 radical (unpaired) electrons. The second-order valence-electron chi connectivity index (χ2n) is 9.10. The minimum absolute atomic E-state index is 0.0359. The molecule has 0 saturated heterocycles. The van der Waals surface area contributed by atoms with Crippen molar-refractivity contribution in [3.05, 3.63) is 101 Å². The normalized spacial score (nSPS) is 17.3. The molecule has 3 aromatic rings. The average molecular weight is 489 g/mol. The molecule has 3 aromatic carbocycles. The van der Waals surface area contributed by atoms with Gasteiger partial charge in [0.2, 0.25) is 0 Å². The van der Waals surface area contributed by atoms with Crippen LogP contribution in [-0.4, -0.2) is 53.9 Å². The fraction of sp³-hybridized carbons (Fsp3) is 0.333. The lowest BCUT2D eigenvalue weighted by atomic mass is 10.0. The monoisotopic (exact) mass is 488 g/mol. The zero-order valence-corrected chi connectivity index (χ0v) is 20.7. The van der Waals surface area contributed by atoms with E-state index in [0.29, 0.717) is 42.9 Å². The van der Waals surface area contributed by atoms with Crippen LogP contribution in [0.15, 0.2) is 78.9 Å². The van der Waals surface area contributed by atoms with Crippen LogP contribution in [0, 0.1) is 5.82 Å². The number of benzene rings is 3. The van der Waals surface area contributed by atoms with Gasteiger partial charge in [0.1, 0.15) is 18.2 Å². The van der Waals surface area contributed by atoms with E-state index in [1.54, 1.807) is 6.07 Å². The highest BCUT2D eigenvalue weighted by Crippen LogP contribution is 2.23. The maximum Gasteiger partial charge on any atom is 0.257 e. The van der Waals surface area contributed by atoms with Gasteiger partial charge < -0.3 is 14.5 Å². The minimum Gasteiger partial charge on any atom is -0.491 e. The number of carbonyl (C=O) groups is 2. The summed E-state index contributed by atoms with van der Waals surface area (Å²) >= 11 is 0. The van der Waals surface area contributed by atoms with Crippen molar-refractivity contribution in [1.29, 1.82) is 0 Å². The first-order valence-corrected chi connectivity index (χ1v) is 12.7. The van der Waals surface area contributed by atoms with E-state index in [4.69, 9.17) is 4.74 Å². The summed E-state index contributed by atoms with van der Waals surface area (Å²) in [5.74, 6) is -0.0324. The molecule has 0 fully saturated rings. The van der Waals surface area contributed by atoms with Gasteiger partial charge in [-0.25, -0.2) is 4.39 Å². The SMILES string of the molecule is CCN1CCCCCN(C(=O)c2ccc(F)cc2)[C@@H](Cc2ccccc2)COc2ccccc2C1=O. The van der Waals surface area contributed by atoms with Crippen molar-refractivity contribution in [3.63, 3.8) is 0 Å². The second-order valence-corrected chi connectivity index (χ2v) is 9.10. The van der Waals surface area contributed by atoms with Crippen molar-refractivity contribution in [2.75, 3.05) is 26.2 Å². The van der Waals surface area contributed by atoms with Crippen LogP contribution in [-0.2, 0) is 6.42 Å². The Morgan fingerprint density at radius 2 is 1.61 bits per heavy atom. The highest BCUT2D eigenvalue weighted by molar-refractivity contribution is 5.97. The van der Waals surface area contributed by atoms with Crippen LogP contribution in [0.2, 0.25) is 0 Å². The fourth-order valence-electron chi connectivity index (χ4n) is 4.64. The third-order valence-electron chi connectivity index (χ3n) is 6.65. The third-order valence-corrected chi connectivity index (χ3v) is 6.65. The number of halogens is 1. The van der Waals surface area contributed by atoms with Crippen LogP contribution < -0.4 is 4.74 Å². The molecule has 0 spiro atoms.